The van der Waals surface area contributed by atoms with E-state index in [4.69, 9.17) is 0 Å². The summed E-state index contributed by atoms with van der Waals surface area (Å²) in [5, 5.41) is 9.37. The van der Waals surface area contributed by atoms with Gasteiger partial charge >= 0.3 is 0 Å². The molecule has 0 fully saturated rings. The van der Waals surface area contributed by atoms with Crippen LogP contribution in [0.25, 0.3) is 0 Å². The normalized spacial score (nSPS) is 11.0. The number of anilines is 1. The summed E-state index contributed by atoms with van der Waals surface area (Å²) in [6, 6.07) is 12.8. The van der Waals surface area contributed by atoms with Gasteiger partial charge in [-0.15, -0.1) is 24.0 Å². The molecule has 0 bridgehead atoms. The van der Waals surface area contributed by atoms with Gasteiger partial charge in [-0.3, -0.25) is 4.79 Å². The van der Waals surface area contributed by atoms with Crippen molar-refractivity contribution in [2.24, 2.45) is 10.9 Å². The maximum absolute atomic E-state index is 13.4. The molecule has 0 saturated carbocycles. The van der Waals surface area contributed by atoms with E-state index >= 15 is 0 Å². The molecule has 3 N–H and O–H groups in total. The quantitative estimate of drug-likeness (QED) is 0.289. The minimum Gasteiger partial charge on any atom is -0.357 e. The van der Waals surface area contributed by atoms with Crippen molar-refractivity contribution in [2.75, 3.05) is 11.9 Å². The van der Waals surface area contributed by atoms with Crippen LogP contribution in [0, 0.1) is 18.7 Å². The first-order chi connectivity index (χ1) is 13.4. The van der Waals surface area contributed by atoms with E-state index < -0.39 is 0 Å². The van der Waals surface area contributed by atoms with E-state index in [0.717, 1.165) is 23.4 Å². The van der Waals surface area contributed by atoms with Crippen molar-refractivity contribution in [2.45, 2.75) is 40.8 Å². The zero-order valence-electron chi connectivity index (χ0n) is 17.4. The van der Waals surface area contributed by atoms with Crippen LogP contribution in [-0.2, 0) is 17.9 Å². The number of guanidine groups is 1. The number of aliphatic imine (C=N–C) groups is 1. The molecule has 5 nitrogen and oxygen atoms in total. The Labute approximate surface area is 189 Å². The van der Waals surface area contributed by atoms with Crippen molar-refractivity contribution < 1.29 is 9.18 Å². The van der Waals surface area contributed by atoms with Gasteiger partial charge in [0.1, 0.15) is 5.82 Å². The highest BCUT2D eigenvalue weighted by Gasteiger charge is 2.07. The van der Waals surface area contributed by atoms with Crippen LogP contribution in [-0.4, -0.2) is 18.4 Å². The Hall–Kier alpha value is -2.16. The molecular formula is C22H30FIN4O. The predicted octanol–water partition coefficient (Wildman–Crippen LogP) is 4.60. The monoisotopic (exact) mass is 512 g/mol. The van der Waals surface area contributed by atoms with Crippen molar-refractivity contribution in [3.63, 3.8) is 0 Å². The minimum atomic E-state index is -0.203. The van der Waals surface area contributed by atoms with Gasteiger partial charge < -0.3 is 16.0 Å². The molecule has 2 aromatic rings. The number of hydrogen-bond acceptors (Lipinski definition) is 2. The average Bonchev–Trinajstić information content (AvgIpc) is 2.67. The molecule has 0 radical (unpaired) electrons. The Morgan fingerprint density at radius 3 is 2.31 bits per heavy atom. The zero-order valence-corrected chi connectivity index (χ0v) is 19.7. The molecule has 158 valence electrons. The highest BCUT2D eigenvalue weighted by atomic mass is 127. The van der Waals surface area contributed by atoms with Gasteiger partial charge in [-0.05, 0) is 48.7 Å². The van der Waals surface area contributed by atoms with Crippen LogP contribution in [0.2, 0.25) is 0 Å². The summed E-state index contributed by atoms with van der Waals surface area (Å²) in [5.74, 6) is 0.445. The summed E-state index contributed by atoms with van der Waals surface area (Å²) in [4.78, 5) is 16.3. The average molecular weight is 512 g/mol. The molecule has 0 aromatic heterocycles. The minimum absolute atomic E-state index is 0. The number of rotatable bonds is 7. The van der Waals surface area contributed by atoms with E-state index in [2.05, 4.69) is 20.9 Å². The van der Waals surface area contributed by atoms with Gasteiger partial charge in [-0.1, -0.05) is 38.1 Å². The third-order valence-corrected chi connectivity index (χ3v) is 4.19. The van der Waals surface area contributed by atoms with Crippen LogP contribution in [0.3, 0.4) is 0 Å². The Kier molecular flexibility index (Phi) is 10.6. The number of aryl methyl sites for hydroxylation is 1. The van der Waals surface area contributed by atoms with Gasteiger partial charge in [0.05, 0.1) is 6.54 Å². The summed E-state index contributed by atoms with van der Waals surface area (Å²) in [6.07, 6.45) is 0. The summed E-state index contributed by atoms with van der Waals surface area (Å²) >= 11 is 0. The van der Waals surface area contributed by atoms with E-state index in [9.17, 15) is 9.18 Å². The smallest absolute Gasteiger partial charge is 0.226 e. The van der Waals surface area contributed by atoms with E-state index in [1.807, 2.05) is 51.1 Å². The molecule has 1 amide bonds. The summed E-state index contributed by atoms with van der Waals surface area (Å²) < 4.78 is 13.4. The van der Waals surface area contributed by atoms with Crippen LogP contribution >= 0.6 is 24.0 Å². The fourth-order valence-corrected chi connectivity index (χ4v) is 2.50. The molecule has 0 unspecified atom stereocenters. The third-order valence-electron chi connectivity index (χ3n) is 4.19. The molecule has 0 heterocycles. The Balaban J connectivity index is 0.00000420. The molecule has 0 aliphatic carbocycles. The molecule has 2 rings (SSSR count). The lowest BCUT2D eigenvalue weighted by atomic mass is 10.1. The zero-order chi connectivity index (χ0) is 20.5. The first-order valence-electron chi connectivity index (χ1n) is 9.56. The molecule has 7 heteroatoms. The second-order valence-corrected chi connectivity index (χ2v) is 6.97. The lowest BCUT2D eigenvalue weighted by Gasteiger charge is -2.12. The molecular weight excluding hydrogens is 482 g/mol. The van der Waals surface area contributed by atoms with Gasteiger partial charge in [0.2, 0.25) is 5.91 Å². The van der Waals surface area contributed by atoms with Crippen LogP contribution < -0.4 is 16.0 Å². The van der Waals surface area contributed by atoms with Crippen molar-refractivity contribution in [3.8, 4) is 0 Å². The lowest BCUT2D eigenvalue weighted by Crippen LogP contribution is -2.36. The van der Waals surface area contributed by atoms with Gasteiger partial charge in [0.15, 0.2) is 5.96 Å². The van der Waals surface area contributed by atoms with E-state index in [1.165, 1.54) is 6.07 Å². The fraction of sp³-hybridized carbons (Fsp3) is 0.364. The van der Waals surface area contributed by atoms with Gasteiger partial charge in [-0.25, -0.2) is 9.38 Å². The predicted molar refractivity (Wildman–Crippen MR) is 128 cm³/mol. The molecule has 2 aromatic carbocycles. The number of benzene rings is 2. The van der Waals surface area contributed by atoms with Crippen molar-refractivity contribution in [3.05, 3.63) is 65.0 Å². The highest BCUT2D eigenvalue weighted by Crippen LogP contribution is 2.12. The summed E-state index contributed by atoms with van der Waals surface area (Å²) in [6.45, 7) is 9.30. The van der Waals surface area contributed by atoms with Crippen LogP contribution in [0.1, 0.15) is 37.5 Å². The number of nitrogens with zero attached hydrogens (tertiary/aromatic N) is 1. The highest BCUT2D eigenvalue weighted by molar-refractivity contribution is 14.0. The van der Waals surface area contributed by atoms with Crippen LogP contribution in [0.4, 0.5) is 10.1 Å². The number of carbonyl (C=O) groups excluding carboxylic acids is 1. The molecule has 0 atom stereocenters. The molecule has 0 aliphatic rings. The number of amides is 1. The topological polar surface area (TPSA) is 65.5 Å². The van der Waals surface area contributed by atoms with Gasteiger partial charge in [0.25, 0.3) is 0 Å². The number of carbonyl (C=O) groups is 1. The van der Waals surface area contributed by atoms with Crippen molar-refractivity contribution >= 4 is 41.5 Å². The third kappa shape index (κ3) is 8.39. The van der Waals surface area contributed by atoms with Crippen molar-refractivity contribution in [1.82, 2.24) is 10.6 Å². The molecule has 29 heavy (non-hydrogen) atoms. The van der Waals surface area contributed by atoms with E-state index in [-0.39, 0.29) is 41.6 Å². The standard InChI is InChI=1S/C22H29FN4O.HI/c1-5-24-22(26-14-18-8-11-20(23)16(4)12-18)25-13-17-6-9-19(10-7-17)27-21(28)15(2)3;/h6-12,15H,5,13-14H2,1-4H3,(H,27,28)(H2,24,25,26);1H. The van der Waals surface area contributed by atoms with Gasteiger partial charge in [0, 0.05) is 24.7 Å². The van der Waals surface area contributed by atoms with Gasteiger partial charge in [-0.2, -0.15) is 0 Å². The maximum Gasteiger partial charge on any atom is 0.226 e. The fourth-order valence-electron chi connectivity index (χ4n) is 2.50. The van der Waals surface area contributed by atoms with Crippen LogP contribution in [0.5, 0.6) is 0 Å². The number of hydrogen-bond donors (Lipinski definition) is 3. The Morgan fingerprint density at radius 1 is 1.07 bits per heavy atom. The first kappa shape index (κ1) is 24.9. The number of halogens is 2. The molecule has 0 spiro atoms. The first-order valence-corrected chi connectivity index (χ1v) is 9.56. The summed E-state index contributed by atoms with van der Waals surface area (Å²) in [5.41, 5.74) is 3.44. The number of nitrogens with one attached hydrogen (secondary N) is 3. The second kappa shape index (κ2) is 12.4. The van der Waals surface area contributed by atoms with E-state index in [1.54, 1.807) is 13.0 Å². The summed E-state index contributed by atoms with van der Waals surface area (Å²) in [7, 11) is 0. The lowest BCUT2D eigenvalue weighted by molar-refractivity contribution is -0.118. The van der Waals surface area contributed by atoms with Crippen LogP contribution in [0.15, 0.2) is 47.5 Å². The van der Waals surface area contributed by atoms with E-state index in [0.29, 0.717) is 24.6 Å². The largest absolute Gasteiger partial charge is 0.357 e. The van der Waals surface area contributed by atoms with Crippen molar-refractivity contribution in [1.29, 1.82) is 0 Å². The molecule has 0 aliphatic heterocycles. The Morgan fingerprint density at radius 2 is 1.72 bits per heavy atom. The SMILES string of the molecule is CCNC(=NCc1ccc(F)c(C)c1)NCc1ccc(NC(=O)C(C)C)cc1.I. The second-order valence-electron chi connectivity index (χ2n) is 6.97. The molecule has 0 saturated heterocycles. The Bertz CT molecular complexity index is 822. The maximum atomic E-state index is 13.4.